The number of phosphoric acid groups is 1. The Morgan fingerprint density at radius 2 is 2.07 bits per heavy atom. The number of methoxy groups -OCH3 is 1. The van der Waals surface area contributed by atoms with Crippen molar-refractivity contribution in [2.45, 2.75) is 31.9 Å². The number of ether oxygens (including phenoxy) is 2. The predicted molar refractivity (Wildman–Crippen MR) is 157 cm³/mol. The number of aromatic nitrogens is 4. The number of hydrogen-bond donors (Lipinski definition) is 6. The van der Waals surface area contributed by atoms with Crippen LogP contribution in [-0.2, 0) is 18.6 Å². The molecule has 2 aromatic heterocycles. The van der Waals surface area contributed by atoms with E-state index in [2.05, 4.69) is 41.1 Å². The van der Waals surface area contributed by atoms with Crippen molar-refractivity contribution < 1.29 is 37.9 Å². The molecule has 6 N–H and O–H groups in total. The van der Waals surface area contributed by atoms with Crippen LogP contribution in [0.3, 0.4) is 0 Å². The summed E-state index contributed by atoms with van der Waals surface area (Å²) in [5, 5.41) is 34.6. The Balaban J connectivity index is 1.73. The molecule has 1 amide bonds. The Hall–Kier alpha value is -4.55. The zero-order valence-corrected chi connectivity index (χ0v) is 25.7. The van der Waals surface area contributed by atoms with E-state index < -0.39 is 37.4 Å². The summed E-state index contributed by atoms with van der Waals surface area (Å²) in [5.41, 5.74) is -1.96. The van der Waals surface area contributed by atoms with Gasteiger partial charge in [0, 0.05) is 31.1 Å². The van der Waals surface area contributed by atoms with Crippen LogP contribution in [-0.4, -0.2) is 79.8 Å². The van der Waals surface area contributed by atoms with Crippen LogP contribution in [0.1, 0.15) is 31.5 Å². The number of fused-ring (bicyclic) bond motifs is 1. The van der Waals surface area contributed by atoms with Crippen molar-refractivity contribution >= 4 is 54.6 Å². The third-order valence-corrected chi connectivity index (χ3v) is 7.84. The number of benzene rings is 1. The fourth-order valence-corrected chi connectivity index (χ4v) is 5.67. The molecule has 1 aliphatic rings. The Kier molecular flexibility index (Phi) is 10.1. The second kappa shape index (κ2) is 13.6. The van der Waals surface area contributed by atoms with Crippen LogP contribution in [0.15, 0.2) is 18.3 Å². The van der Waals surface area contributed by atoms with Crippen LogP contribution in [0.25, 0.3) is 5.65 Å². The summed E-state index contributed by atoms with van der Waals surface area (Å²) in [5.74, 6) is -2.48. The maximum absolute atomic E-state index is 13.7. The van der Waals surface area contributed by atoms with Gasteiger partial charge in [0.25, 0.3) is 0 Å². The molecule has 0 aliphatic carbocycles. The van der Waals surface area contributed by atoms with Crippen molar-refractivity contribution in [1.82, 2.24) is 30.2 Å². The molecule has 1 aromatic carbocycles. The Labute approximate surface area is 260 Å². The molecule has 0 saturated carbocycles. The number of nitriles is 2. The van der Waals surface area contributed by atoms with Gasteiger partial charge in [-0.25, -0.2) is 19.1 Å². The van der Waals surface area contributed by atoms with Crippen LogP contribution in [0, 0.1) is 28.6 Å². The van der Waals surface area contributed by atoms with E-state index in [1.807, 2.05) is 19.1 Å². The van der Waals surface area contributed by atoms with E-state index in [4.69, 9.17) is 20.9 Å². The molecule has 0 spiro atoms. The molecule has 3 unspecified atom stereocenters. The van der Waals surface area contributed by atoms with Gasteiger partial charge in [0.05, 0.1) is 30.6 Å². The van der Waals surface area contributed by atoms with Gasteiger partial charge in [-0.15, -0.1) is 5.10 Å². The number of nitrogens with zero attached hydrogens (tertiary/aromatic N) is 6. The molecular formula is C25H28ClN10O8P. The molecule has 3 atom stereocenters. The molecule has 0 radical (unpaired) electrons. The number of nitrogens with one attached hydrogen (secondary N) is 4. The van der Waals surface area contributed by atoms with Crippen LogP contribution in [0.4, 0.5) is 22.2 Å². The summed E-state index contributed by atoms with van der Waals surface area (Å²) in [7, 11) is -4.18. The topological polar surface area (TPSA) is 258 Å². The number of carbonyl (C=O) groups is 2. The number of esters is 1. The van der Waals surface area contributed by atoms with Gasteiger partial charge in [0.15, 0.2) is 28.5 Å². The van der Waals surface area contributed by atoms with E-state index in [1.54, 1.807) is 0 Å². The fourth-order valence-electron chi connectivity index (χ4n) is 4.77. The molecule has 3 heterocycles. The first-order valence-electron chi connectivity index (χ1n) is 13.3. The van der Waals surface area contributed by atoms with Crippen molar-refractivity contribution in [3.05, 3.63) is 34.6 Å². The van der Waals surface area contributed by atoms with Gasteiger partial charge in [-0.1, -0.05) is 11.6 Å². The van der Waals surface area contributed by atoms with Crippen LogP contribution in [0.2, 0.25) is 5.02 Å². The molecule has 1 aliphatic heterocycles. The predicted octanol–water partition coefficient (Wildman–Crippen LogP) is 1.80. The number of carbonyl (C=O) groups excluding carboxylic acids is 2. The van der Waals surface area contributed by atoms with E-state index in [-0.39, 0.29) is 58.1 Å². The zero-order valence-electron chi connectivity index (χ0n) is 24.1. The number of imidazole rings is 1. The summed E-state index contributed by atoms with van der Waals surface area (Å²) in [4.78, 5) is 53.7. The normalized spacial score (nSPS) is 17.8. The smallest absolute Gasteiger partial charge is 0.453 e. The lowest BCUT2D eigenvalue weighted by Crippen LogP contribution is -2.61. The van der Waals surface area contributed by atoms with Crippen molar-refractivity contribution in [1.29, 1.82) is 10.5 Å². The monoisotopic (exact) mass is 662 g/mol. The molecule has 3 aromatic rings. The molecular weight excluding hydrogens is 635 g/mol. The first-order chi connectivity index (χ1) is 21.3. The van der Waals surface area contributed by atoms with Gasteiger partial charge in [-0.2, -0.15) is 20.0 Å². The lowest BCUT2D eigenvalue weighted by molar-refractivity contribution is -0.159. The first-order valence-corrected chi connectivity index (χ1v) is 15.2. The maximum atomic E-state index is 13.7. The van der Waals surface area contributed by atoms with Gasteiger partial charge >= 0.3 is 19.9 Å². The number of halogens is 1. The number of hydrogen-bond acceptors (Lipinski definition) is 14. The molecule has 1 saturated heterocycles. The number of alkyl carbamates (subject to hydrolysis) is 1. The number of amides is 1. The first kappa shape index (κ1) is 33.3. The average molecular weight is 663 g/mol. The Morgan fingerprint density at radius 3 is 2.71 bits per heavy atom. The number of piperidine rings is 1. The standard InChI is InChI=1S/C25H28ClN10O8P/c1-4-30-20-21-31-11-14(10-28)36(21)35-23(34-20)32-17-7-13(9-27)8-18(19(17)26)43-22(37)25(2,44-45(39,40)41)15-12-29-6-5-16(15)33-24(38)42-3/h7-8,11,15-16,29H,4-6,12H2,1-3H3,(H,33,38)(H2,39,40,41)(H2,30,32,34,35). The maximum Gasteiger partial charge on any atom is 0.470 e. The summed E-state index contributed by atoms with van der Waals surface area (Å²) >= 11 is 6.60. The summed E-state index contributed by atoms with van der Waals surface area (Å²) < 4.78 is 28.5. The highest BCUT2D eigenvalue weighted by molar-refractivity contribution is 7.46. The fraction of sp³-hybridized carbons (Fsp3) is 0.400. The van der Waals surface area contributed by atoms with Crippen molar-refractivity contribution in [3.63, 3.8) is 0 Å². The lowest BCUT2D eigenvalue weighted by atomic mass is 9.79. The van der Waals surface area contributed by atoms with E-state index in [1.165, 1.54) is 16.8 Å². The van der Waals surface area contributed by atoms with Crippen LogP contribution < -0.4 is 26.0 Å². The van der Waals surface area contributed by atoms with E-state index in [9.17, 15) is 34.5 Å². The lowest BCUT2D eigenvalue weighted by Gasteiger charge is -2.42. The highest BCUT2D eigenvalue weighted by Gasteiger charge is 2.53. The third-order valence-electron chi connectivity index (χ3n) is 6.83. The molecule has 238 valence electrons. The SMILES string of the molecule is CCNc1nc(Nc2cc(C#N)cc(OC(=O)C(C)(OP(=O)(O)O)C3CNCCC3NC(=O)OC)c2Cl)nn2c(C#N)cnc12. The second-order valence-corrected chi connectivity index (χ2v) is 11.3. The largest absolute Gasteiger partial charge is 0.470 e. The van der Waals surface area contributed by atoms with Crippen molar-refractivity contribution in [2.75, 3.05) is 37.4 Å². The summed E-state index contributed by atoms with van der Waals surface area (Å²) in [6.07, 6.45) is 0.754. The van der Waals surface area contributed by atoms with E-state index >= 15 is 0 Å². The van der Waals surface area contributed by atoms with E-state index in [0.29, 0.717) is 13.1 Å². The molecule has 1 fully saturated rings. The summed E-state index contributed by atoms with van der Waals surface area (Å²) in [6.45, 7) is 3.81. The van der Waals surface area contributed by atoms with Gasteiger partial charge in [-0.05, 0) is 32.9 Å². The average Bonchev–Trinajstić information content (AvgIpc) is 3.41. The number of anilines is 3. The third kappa shape index (κ3) is 7.40. The minimum atomic E-state index is -5.32. The molecule has 20 heteroatoms. The second-order valence-electron chi connectivity index (χ2n) is 9.80. The van der Waals surface area contributed by atoms with Crippen molar-refractivity contribution in [3.8, 4) is 17.9 Å². The van der Waals surface area contributed by atoms with Crippen molar-refractivity contribution in [2.24, 2.45) is 5.92 Å². The molecule has 0 bridgehead atoms. The van der Waals surface area contributed by atoms with Gasteiger partial charge < -0.3 is 40.5 Å². The van der Waals surface area contributed by atoms with Gasteiger partial charge in [-0.3, -0.25) is 4.52 Å². The minimum Gasteiger partial charge on any atom is -0.453 e. The number of rotatable bonds is 10. The van der Waals surface area contributed by atoms with Gasteiger partial charge in [0.1, 0.15) is 11.1 Å². The zero-order chi connectivity index (χ0) is 32.9. The minimum absolute atomic E-state index is 0.00802. The Morgan fingerprint density at radius 1 is 1.31 bits per heavy atom. The Bertz CT molecular complexity index is 1750. The van der Waals surface area contributed by atoms with E-state index in [0.717, 1.165) is 20.1 Å². The van der Waals surface area contributed by atoms with Gasteiger partial charge in [0.2, 0.25) is 5.95 Å². The highest BCUT2D eigenvalue weighted by atomic mass is 35.5. The highest BCUT2D eigenvalue weighted by Crippen LogP contribution is 2.46. The van der Waals surface area contributed by atoms with Crippen LogP contribution in [0.5, 0.6) is 5.75 Å². The number of phosphoric ester groups is 1. The molecule has 4 rings (SSSR count). The quantitative estimate of drug-likeness (QED) is 0.103. The summed E-state index contributed by atoms with van der Waals surface area (Å²) in [6, 6.07) is 5.54. The van der Waals surface area contributed by atoms with Crippen LogP contribution >= 0.6 is 19.4 Å². The molecule has 18 nitrogen and oxygen atoms in total. The molecule has 45 heavy (non-hydrogen) atoms.